The minimum absolute atomic E-state index is 0.261. The Balaban J connectivity index is 1.28. The molecule has 0 unspecified atom stereocenters. The van der Waals surface area contributed by atoms with Crippen LogP contribution in [0.3, 0.4) is 0 Å². The van der Waals surface area contributed by atoms with Crippen LogP contribution in [0.25, 0.3) is 0 Å². The number of hydrogen-bond acceptors (Lipinski definition) is 8. The summed E-state index contributed by atoms with van der Waals surface area (Å²) in [5.41, 5.74) is 6.26. The highest BCUT2D eigenvalue weighted by atomic mass is 19.1. The van der Waals surface area contributed by atoms with Crippen molar-refractivity contribution in [3.63, 3.8) is 0 Å². The van der Waals surface area contributed by atoms with Gasteiger partial charge in [0.25, 0.3) is 0 Å². The van der Waals surface area contributed by atoms with Gasteiger partial charge in [0.05, 0.1) is 6.21 Å². The zero-order valence-corrected chi connectivity index (χ0v) is 20.3. The smallest absolute Gasteiger partial charge is 0.250 e. The summed E-state index contributed by atoms with van der Waals surface area (Å²) in [6.07, 6.45) is 1.64. The average molecular weight is 506 g/mol. The highest BCUT2D eigenvalue weighted by Crippen LogP contribution is 2.19. The quantitative estimate of drug-likeness (QED) is 0.147. The van der Waals surface area contributed by atoms with Crippen LogP contribution in [0.1, 0.15) is 11.1 Å². The van der Waals surface area contributed by atoms with E-state index in [-0.39, 0.29) is 11.8 Å². The lowest BCUT2D eigenvalue weighted by molar-refractivity contribution is 0.306. The normalized spacial score (nSPS) is 10.8. The predicted molar refractivity (Wildman–Crippen MR) is 148 cm³/mol. The number of nitrogens with zero attached hydrogens (tertiary/aromatic N) is 4. The molecule has 9 heteroatoms. The molecule has 1 aromatic heterocycles. The lowest BCUT2D eigenvalue weighted by atomic mass is 10.2. The Morgan fingerprint density at radius 3 is 1.92 bits per heavy atom. The van der Waals surface area contributed by atoms with E-state index >= 15 is 0 Å². The van der Waals surface area contributed by atoms with E-state index in [0.717, 1.165) is 22.5 Å². The zero-order valence-electron chi connectivity index (χ0n) is 20.3. The molecule has 188 valence electrons. The molecule has 1 heterocycles. The van der Waals surface area contributed by atoms with Gasteiger partial charge in [-0.25, -0.2) is 9.82 Å². The number of benzene rings is 4. The van der Waals surface area contributed by atoms with Crippen LogP contribution in [-0.4, -0.2) is 21.2 Å². The molecule has 0 saturated heterocycles. The number of nitrogens with one attached hydrogen (secondary N) is 3. The number of rotatable bonds is 10. The van der Waals surface area contributed by atoms with E-state index in [1.165, 1.54) is 12.1 Å². The third-order valence-corrected chi connectivity index (χ3v) is 5.25. The monoisotopic (exact) mass is 505 g/mol. The Labute approximate surface area is 219 Å². The van der Waals surface area contributed by atoms with Gasteiger partial charge >= 0.3 is 0 Å². The lowest BCUT2D eigenvalue weighted by Gasteiger charge is -2.10. The summed E-state index contributed by atoms with van der Waals surface area (Å²) in [7, 11) is 0. The summed E-state index contributed by atoms with van der Waals surface area (Å²) in [5, 5.41) is 10.7. The van der Waals surface area contributed by atoms with Crippen LogP contribution in [0.4, 0.5) is 33.6 Å². The number of para-hydroxylation sites is 2. The summed E-state index contributed by atoms with van der Waals surface area (Å²) in [4.78, 5) is 13.4. The number of hydrazone groups is 1. The first-order chi connectivity index (χ1) is 18.7. The van der Waals surface area contributed by atoms with E-state index in [0.29, 0.717) is 24.3 Å². The van der Waals surface area contributed by atoms with E-state index in [1.807, 2.05) is 84.9 Å². The summed E-state index contributed by atoms with van der Waals surface area (Å²) >= 11 is 0. The molecular formula is C29H24FN7O. The van der Waals surface area contributed by atoms with Crippen LogP contribution in [0.15, 0.2) is 114 Å². The number of hydrogen-bond donors (Lipinski definition) is 3. The molecule has 0 aliphatic heterocycles. The maximum atomic E-state index is 13.1. The van der Waals surface area contributed by atoms with E-state index in [2.05, 4.69) is 36.1 Å². The zero-order chi connectivity index (χ0) is 26.0. The highest BCUT2D eigenvalue weighted by molar-refractivity contribution is 5.80. The summed E-state index contributed by atoms with van der Waals surface area (Å²) in [6, 6.07) is 32.9. The molecule has 0 fully saturated rings. The predicted octanol–water partition coefficient (Wildman–Crippen LogP) is 6.52. The molecule has 0 saturated carbocycles. The maximum absolute atomic E-state index is 13.1. The van der Waals surface area contributed by atoms with Gasteiger partial charge in [0.15, 0.2) is 0 Å². The topological polar surface area (TPSA) is 96.4 Å². The van der Waals surface area contributed by atoms with Crippen LogP contribution in [0.5, 0.6) is 5.75 Å². The Bertz CT molecular complexity index is 1440. The number of aromatic nitrogens is 3. The van der Waals surface area contributed by atoms with Crippen LogP contribution in [0, 0.1) is 5.82 Å². The van der Waals surface area contributed by atoms with Crippen LogP contribution in [0.2, 0.25) is 0 Å². The first-order valence-electron chi connectivity index (χ1n) is 11.9. The fraction of sp³-hybridized carbons (Fsp3) is 0.0345. The van der Waals surface area contributed by atoms with Gasteiger partial charge in [-0.1, -0.05) is 60.7 Å². The van der Waals surface area contributed by atoms with Gasteiger partial charge in [0.2, 0.25) is 17.8 Å². The van der Waals surface area contributed by atoms with Gasteiger partial charge in [0.1, 0.15) is 18.2 Å². The highest BCUT2D eigenvalue weighted by Gasteiger charge is 2.07. The third kappa shape index (κ3) is 7.11. The lowest BCUT2D eigenvalue weighted by Crippen LogP contribution is -2.07. The van der Waals surface area contributed by atoms with Crippen molar-refractivity contribution in [3.05, 3.63) is 126 Å². The van der Waals surface area contributed by atoms with E-state index < -0.39 is 0 Å². The molecule has 0 bridgehead atoms. The SMILES string of the molecule is Fc1ccc(COc2cccc(/C=N\Nc3nc(Nc4ccccc4)nc(Nc4ccccc4)n3)c2)cc1. The Morgan fingerprint density at radius 1 is 0.684 bits per heavy atom. The van der Waals surface area contributed by atoms with E-state index in [4.69, 9.17) is 4.74 Å². The molecule has 0 aliphatic carbocycles. The van der Waals surface area contributed by atoms with Gasteiger partial charge in [-0.2, -0.15) is 20.1 Å². The average Bonchev–Trinajstić information content (AvgIpc) is 2.94. The fourth-order valence-corrected chi connectivity index (χ4v) is 3.44. The van der Waals surface area contributed by atoms with Crippen molar-refractivity contribution in [2.45, 2.75) is 6.61 Å². The Kier molecular flexibility index (Phi) is 7.76. The summed E-state index contributed by atoms with van der Waals surface area (Å²) in [6.45, 7) is 0.332. The molecule has 5 aromatic rings. The van der Waals surface area contributed by atoms with E-state index in [9.17, 15) is 4.39 Å². The molecule has 0 spiro atoms. The van der Waals surface area contributed by atoms with Gasteiger partial charge in [-0.3, -0.25) is 0 Å². The molecule has 0 atom stereocenters. The van der Waals surface area contributed by atoms with Crippen molar-refractivity contribution in [3.8, 4) is 5.75 Å². The minimum atomic E-state index is -0.274. The van der Waals surface area contributed by atoms with Gasteiger partial charge in [0, 0.05) is 11.4 Å². The van der Waals surface area contributed by atoms with Crippen molar-refractivity contribution in [2.24, 2.45) is 5.10 Å². The molecule has 3 N–H and O–H groups in total. The summed E-state index contributed by atoms with van der Waals surface area (Å²) in [5.74, 6) is 1.37. The molecule has 0 radical (unpaired) electrons. The van der Waals surface area contributed by atoms with Crippen molar-refractivity contribution >= 4 is 35.4 Å². The molecule has 5 rings (SSSR count). The van der Waals surface area contributed by atoms with Gasteiger partial charge in [-0.15, -0.1) is 0 Å². The second kappa shape index (κ2) is 12.1. The largest absolute Gasteiger partial charge is 0.489 e. The van der Waals surface area contributed by atoms with Gasteiger partial charge in [-0.05, 0) is 59.7 Å². The van der Waals surface area contributed by atoms with Crippen LogP contribution >= 0.6 is 0 Å². The van der Waals surface area contributed by atoms with E-state index in [1.54, 1.807) is 18.3 Å². The number of halogens is 1. The molecule has 0 amide bonds. The first kappa shape index (κ1) is 24.4. The number of ether oxygens (including phenoxy) is 1. The van der Waals surface area contributed by atoms with Crippen molar-refractivity contribution in [1.82, 2.24) is 15.0 Å². The van der Waals surface area contributed by atoms with Crippen molar-refractivity contribution < 1.29 is 9.13 Å². The number of anilines is 5. The molecule has 4 aromatic carbocycles. The van der Waals surface area contributed by atoms with Crippen LogP contribution in [-0.2, 0) is 6.61 Å². The Morgan fingerprint density at radius 2 is 1.29 bits per heavy atom. The fourth-order valence-electron chi connectivity index (χ4n) is 3.44. The van der Waals surface area contributed by atoms with Crippen molar-refractivity contribution in [1.29, 1.82) is 0 Å². The maximum Gasteiger partial charge on any atom is 0.250 e. The van der Waals surface area contributed by atoms with Crippen LogP contribution < -0.4 is 20.8 Å². The second-order valence-electron chi connectivity index (χ2n) is 8.15. The summed E-state index contributed by atoms with van der Waals surface area (Å²) < 4.78 is 18.9. The molecule has 0 aliphatic rings. The first-order valence-corrected chi connectivity index (χ1v) is 11.9. The molecule has 8 nitrogen and oxygen atoms in total. The molecular weight excluding hydrogens is 481 g/mol. The third-order valence-electron chi connectivity index (χ3n) is 5.25. The molecule has 38 heavy (non-hydrogen) atoms. The standard InChI is InChI=1S/C29H24FN7O/c30-23-16-14-21(15-17-23)20-38-26-13-7-8-22(18-26)19-31-37-29-35-27(32-24-9-3-1-4-10-24)34-28(36-29)33-25-11-5-2-6-12-25/h1-19H,20H2,(H3,32,33,34,35,36,37)/b31-19-. The van der Waals surface area contributed by atoms with Crippen molar-refractivity contribution in [2.75, 3.05) is 16.1 Å². The second-order valence-corrected chi connectivity index (χ2v) is 8.15. The van der Waals surface area contributed by atoms with Gasteiger partial charge < -0.3 is 15.4 Å². The minimum Gasteiger partial charge on any atom is -0.489 e. The Hall–Kier alpha value is -5.31.